The Labute approximate surface area is 80.0 Å². The molecule has 0 spiro atoms. The van der Waals surface area contributed by atoms with E-state index in [1.54, 1.807) is 6.08 Å². The van der Waals surface area contributed by atoms with E-state index in [9.17, 15) is 4.79 Å². The fourth-order valence-corrected chi connectivity index (χ4v) is 1.57. The summed E-state index contributed by atoms with van der Waals surface area (Å²) in [5.41, 5.74) is -0.309. The lowest BCUT2D eigenvalue weighted by atomic mass is 9.96. The highest BCUT2D eigenvalue weighted by Gasteiger charge is 2.28. The Bertz CT molecular complexity index is 236. The average Bonchev–Trinajstić information content (AvgIpc) is 1.78. The zero-order valence-corrected chi connectivity index (χ0v) is 8.89. The van der Waals surface area contributed by atoms with Crippen molar-refractivity contribution in [1.82, 2.24) is 0 Å². The normalized spacial score (nSPS) is 21.3. The van der Waals surface area contributed by atoms with Crippen molar-refractivity contribution in [2.24, 2.45) is 5.92 Å². The summed E-state index contributed by atoms with van der Waals surface area (Å²) in [6.07, 6.45) is 3.00. The minimum atomic E-state index is -0.309. The van der Waals surface area contributed by atoms with Crippen molar-refractivity contribution in [1.29, 1.82) is 0 Å². The summed E-state index contributed by atoms with van der Waals surface area (Å²) in [6, 6.07) is 0. The second-order valence-corrected chi connectivity index (χ2v) is 4.71. The molecule has 0 N–H and O–H groups in total. The SMILES string of the molecule is CC(C)CC1=CC(=O)CC(C)(C)O1. The van der Waals surface area contributed by atoms with Crippen molar-refractivity contribution in [2.45, 2.75) is 46.1 Å². The van der Waals surface area contributed by atoms with E-state index in [0.29, 0.717) is 12.3 Å². The fourth-order valence-electron chi connectivity index (χ4n) is 1.57. The van der Waals surface area contributed by atoms with Crippen LogP contribution < -0.4 is 0 Å². The maximum absolute atomic E-state index is 11.3. The van der Waals surface area contributed by atoms with E-state index in [2.05, 4.69) is 13.8 Å². The highest BCUT2D eigenvalue weighted by molar-refractivity contribution is 5.91. The van der Waals surface area contributed by atoms with E-state index < -0.39 is 0 Å². The van der Waals surface area contributed by atoms with Crippen molar-refractivity contribution in [2.75, 3.05) is 0 Å². The predicted molar refractivity (Wildman–Crippen MR) is 52.3 cm³/mol. The van der Waals surface area contributed by atoms with E-state index in [4.69, 9.17) is 4.74 Å². The first-order valence-electron chi connectivity index (χ1n) is 4.81. The number of allylic oxidation sites excluding steroid dienone is 2. The molecule has 74 valence electrons. The van der Waals surface area contributed by atoms with Crippen LogP contribution in [-0.4, -0.2) is 11.4 Å². The average molecular weight is 182 g/mol. The molecule has 0 amide bonds. The molecule has 0 atom stereocenters. The Morgan fingerprint density at radius 2 is 2.15 bits per heavy atom. The Balaban J connectivity index is 2.70. The molecule has 1 rings (SSSR count). The lowest BCUT2D eigenvalue weighted by Crippen LogP contribution is -2.31. The van der Waals surface area contributed by atoms with Crippen LogP contribution in [0.2, 0.25) is 0 Å². The maximum atomic E-state index is 11.3. The summed E-state index contributed by atoms with van der Waals surface area (Å²) in [5.74, 6) is 1.57. The molecule has 1 aliphatic heterocycles. The lowest BCUT2D eigenvalue weighted by Gasteiger charge is -2.31. The molecule has 0 saturated heterocycles. The number of hydrogen-bond donors (Lipinski definition) is 0. The van der Waals surface area contributed by atoms with Crippen LogP contribution in [0.4, 0.5) is 0 Å². The van der Waals surface area contributed by atoms with E-state index in [1.807, 2.05) is 13.8 Å². The smallest absolute Gasteiger partial charge is 0.162 e. The van der Waals surface area contributed by atoms with Crippen molar-refractivity contribution in [3.8, 4) is 0 Å². The van der Waals surface area contributed by atoms with Crippen LogP contribution in [0.5, 0.6) is 0 Å². The van der Waals surface area contributed by atoms with Gasteiger partial charge in [-0.3, -0.25) is 4.79 Å². The van der Waals surface area contributed by atoms with Gasteiger partial charge in [-0.1, -0.05) is 13.8 Å². The first-order chi connectivity index (χ1) is 5.89. The molecule has 0 unspecified atom stereocenters. The molecule has 0 aromatic carbocycles. The van der Waals surface area contributed by atoms with Crippen molar-refractivity contribution < 1.29 is 9.53 Å². The summed E-state index contributed by atoms with van der Waals surface area (Å²) in [6.45, 7) is 8.16. The summed E-state index contributed by atoms with van der Waals surface area (Å²) in [5, 5.41) is 0. The van der Waals surface area contributed by atoms with Crippen LogP contribution in [0.15, 0.2) is 11.8 Å². The van der Waals surface area contributed by atoms with E-state index in [1.165, 1.54) is 0 Å². The highest BCUT2D eigenvalue weighted by atomic mass is 16.5. The van der Waals surface area contributed by atoms with Crippen LogP contribution in [0, 0.1) is 5.92 Å². The Kier molecular flexibility index (Phi) is 2.79. The van der Waals surface area contributed by atoms with E-state index in [0.717, 1.165) is 12.2 Å². The van der Waals surface area contributed by atoms with Crippen LogP contribution in [-0.2, 0) is 9.53 Å². The van der Waals surface area contributed by atoms with Crippen LogP contribution in [0.25, 0.3) is 0 Å². The van der Waals surface area contributed by atoms with Gasteiger partial charge in [0.15, 0.2) is 5.78 Å². The second kappa shape index (κ2) is 3.52. The molecule has 2 nitrogen and oxygen atoms in total. The predicted octanol–water partition coefficient (Wildman–Crippen LogP) is 2.68. The summed E-state index contributed by atoms with van der Waals surface area (Å²) in [4.78, 5) is 11.3. The number of carbonyl (C=O) groups is 1. The van der Waals surface area contributed by atoms with Gasteiger partial charge in [-0.25, -0.2) is 0 Å². The standard InChI is InChI=1S/C11H18O2/c1-8(2)5-10-6-9(12)7-11(3,4)13-10/h6,8H,5,7H2,1-4H3. The zero-order chi connectivity index (χ0) is 10.1. The Morgan fingerprint density at radius 1 is 1.54 bits per heavy atom. The molecular weight excluding hydrogens is 164 g/mol. The largest absolute Gasteiger partial charge is 0.492 e. The highest BCUT2D eigenvalue weighted by Crippen LogP contribution is 2.27. The Morgan fingerprint density at radius 3 is 2.62 bits per heavy atom. The van der Waals surface area contributed by atoms with Gasteiger partial charge in [-0.2, -0.15) is 0 Å². The summed E-state index contributed by atoms with van der Waals surface area (Å²) >= 11 is 0. The lowest BCUT2D eigenvalue weighted by molar-refractivity contribution is -0.122. The third-order valence-corrected chi connectivity index (χ3v) is 1.94. The summed E-state index contributed by atoms with van der Waals surface area (Å²) in [7, 11) is 0. The molecule has 1 heterocycles. The molecule has 0 aromatic heterocycles. The first-order valence-corrected chi connectivity index (χ1v) is 4.81. The summed E-state index contributed by atoms with van der Waals surface area (Å²) < 4.78 is 5.70. The van der Waals surface area contributed by atoms with Crippen LogP contribution in [0.3, 0.4) is 0 Å². The number of hydrogen-bond acceptors (Lipinski definition) is 2. The van der Waals surface area contributed by atoms with Gasteiger partial charge in [0.05, 0.1) is 0 Å². The quantitative estimate of drug-likeness (QED) is 0.656. The van der Waals surface area contributed by atoms with Gasteiger partial charge in [0.1, 0.15) is 11.4 Å². The maximum Gasteiger partial charge on any atom is 0.162 e. The van der Waals surface area contributed by atoms with Crippen molar-refractivity contribution in [3.05, 3.63) is 11.8 Å². The second-order valence-electron chi connectivity index (χ2n) is 4.71. The Hall–Kier alpha value is -0.790. The van der Waals surface area contributed by atoms with Gasteiger partial charge in [0.25, 0.3) is 0 Å². The van der Waals surface area contributed by atoms with Gasteiger partial charge in [0.2, 0.25) is 0 Å². The molecular formula is C11H18O2. The zero-order valence-electron chi connectivity index (χ0n) is 8.89. The van der Waals surface area contributed by atoms with E-state index >= 15 is 0 Å². The molecule has 13 heavy (non-hydrogen) atoms. The molecule has 0 saturated carbocycles. The molecule has 0 fully saturated rings. The third-order valence-electron chi connectivity index (χ3n) is 1.94. The molecule has 1 aliphatic rings. The van der Waals surface area contributed by atoms with Gasteiger partial charge >= 0.3 is 0 Å². The molecule has 0 bridgehead atoms. The van der Waals surface area contributed by atoms with Crippen LogP contribution in [0.1, 0.15) is 40.5 Å². The van der Waals surface area contributed by atoms with E-state index in [-0.39, 0.29) is 11.4 Å². The molecule has 0 radical (unpaired) electrons. The first kappa shape index (κ1) is 10.3. The van der Waals surface area contributed by atoms with Crippen LogP contribution >= 0.6 is 0 Å². The van der Waals surface area contributed by atoms with Crippen molar-refractivity contribution >= 4 is 5.78 Å². The number of carbonyl (C=O) groups excluding carboxylic acids is 1. The molecule has 0 aromatic rings. The fraction of sp³-hybridized carbons (Fsp3) is 0.727. The van der Waals surface area contributed by atoms with Crippen molar-refractivity contribution in [3.63, 3.8) is 0 Å². The monoisotopic (exact) mass is 182 g/mol. The van der Waals surface area contributed by atoms with Gasteiger partial charge in [-0.15, -0.1) is 0 Å². The topological polar surface area (TPSA) is 26.3 Å². The molecule has 0 aliphatic carbocycles. The minimum absolute atomic E-state index is 0.187. The minimum Gasteiger partial charge on any atom is -0.492 e. The van der Waals surface area contributed by atoms with Gasteiger partial charge in [-0.05, 0) is 19.8 Å². The number of ether oxygens (including phenoxy) is 1. The number of rotatable bonds is 2. The van der Waals surface area contributed by atoms with Gasteiger partial charge < -0.3 is 4.74 Å². The number of ketones is 1. The third kappa shape index (κ3) is 3.21. The van der Waals surface area contributed by atoms with Gasteiger partial charge in [0, 0.05) is 18.9 Å². The molecule has 2 heteroatoms.